The zero-order valence-corrected chi connectivity index (χ0v) is 9.17. The molecule has 7 nitrogen and oxygen atoms in total. The second kappa shape index (κ2) is 5.80. The lowest BCUT2D eigenvalue weighted by atomic mass is 10.1. The smallest absolute Gasteiger partial charge is 0.321 e. The van der Waals surface area contributed by atoms with Crippen molar-refractivity contribution in [3.63, 3.8) is 0 Å². The highest BCUT2D eigenvalue weighted by Gasteiger charge is 2.38. The highest BCUT2D eigenvalue weighted by Crippen LogP contribution is 2.24. The van der Waals surface area contributed by atoms with Gasteiger partial charge in [0.25, 0.3) is 0 Å². The van der Waals surface area contributed by atoms with E-state index in [0.29, 0.717) is 0 Å². The van der Waals surface area contributed by atoms with Crippen LogP contribution < -0.4 is 5.32 Å². The van der Waals surface area contributed by atoms with E-state index >= 15 is 0 Å². The van der Waals surface area contributed by atoms with Crippen molar-refractivity contribution >= 4 is 17.7 Å². The van der Waals surface area contributed by atoms with Gasteiger partial charge >= 0.3 is 5.97 Å². The Balaban J connectivity index is 2.50. The van der Waals surface area contributed by atoms with Crippen molar-refractivity contribution < 1.29 is 30.3 Å². The lowest BCUT2D eigenvalue weighted by Gasteiger charge is -2.25. The fourth-order valence-electron chi connectivity index (χ4n) is 1.35. The van der Waals surface area contributed by atoms with Crippen LogP contribution in [0.15, 0.2) is 0 Å². The third-order valence-electron chi connectivity index (χ3n) is 2.35. The van der Waals surface area contributed by atoms with E-state index in [2.05, 4.69) is 5.32 Å². The molecule has 0 spiro atoms. The molecule has 0 bridgehead atoms. The van der Waals surface area contributed by atoms with Crippen molar-refractivity contribution in [2.24, 2.45) is 0 Å². The number of carboxylic acids is 1. The van der Waals surface area contributed by atoms with Gasteiger partial charge in [0, 0.05) is 5.75 Å². The molecule has 0 aromatic heterocycles. The molecule has 1 aliphatic heterocycles. The summed E-state index contributed by atoms with van der Waals surface area (Å²) >= 11 is 1.15. The zero-order valence-electron chi connectivity index (χ0n) is 8.35. The van der Waals surface area contributed by atoms with Gasteiger partial charge in [0.15, 0.2) is 0 Å². The molecular formula is C8H15NO6S. The van der Waals surface area contributed by atoms with E-state index in [1.165, 1.54) is 0 Å². The van der Waals surface area contributed by atoms with Gasteiger partial charge in [-0.1, -0.05) is 0 Å². The van der Waals surface area contributed by atoms with Gasteiger partial charge in [-0.3, -0.25) is 10.1 Å². The molecule has 0 amide bonds. The topological polar surface area (TPSA) is 130 Å². The van der Waals surface area contributed by atoms with Gasteiger partial charge in [0.05, 0.1) is 12.0 Å². The first-order valence-corrected chi connectivity index (χ1v) is 5.77. The Labute approximate surface area is 96.1 Å². The third-order valence-corrected chi connectivity index (χ3v) is 3.65. The average molecular weight is 253 g/mol. The number of carboxylic acid groups (broad SMARTS) is 1. The minimum atomic E-state index is -1.51. The maximum absolute atomic E-state index is 10.6. The molecule has 0 radical (unpaired) electrons. The normalized spacial score (nSPS) is 31.0. The predicted octanol–water partition coefficient (Wildman–Crippen LogP) is -2.82. The summed E-state index contributed by atoms with van der Waals surface area (Å²) in [5.74, 6) is -0.752. The van der Waals surface area contributed by atoms with Crippen molar-refractivity contribution in [3.05, 3.63) is 0 Å². The second-order valence-corrected chi connectivity index (χ2v) is 4.72. The number of hydrogen-bond donors (Lipinski definition) is 6. The number of thioether (sulfide) groups is 1. The summed E-state index contributed by atoms with van der Waals surface area (Å²) in [6.45, 7) is -0.669. The van der Waals surface area contributed by atoms with Crippen LogP contribution in [0.1, 0.15) is 0 Å². The van der Waals surface area contributed by atoms with Gasteiger partial charge in [0.1, 0.15) is 24.4 Å². The predicted molar refractivity (Wildman–Crippen MR) is 55.9 cm³/mol. The van der Waals surface area contributed by atoms with Crippen LogP contribution in [-0.2, 0) is 4.79 Å². The van der Waals surface area contributed by atoms with E-state index < -0.39 is 42.3 Å². The molecule has 0 aliphatic carbocycles. The van der Waals surface area contributed by atoms with Crippen LogP contribution >= 0.6 is 11.8 Å². The van der Waals surface area contributed by atoms with Crippen LogP contribution in [0, 0.1) is 0 Å². The van der Waals surface area contributed by atoms with Crippen molar-refractivity contribution in [1.82, 2.24) is 5.32 Å². The van der Waals surface area contributed by atoms with Crippen molar-refractivity contribution in [3.8, 4) is 0 Å². The SMILES string of the molecule is O=C(O)[C@@H]1CSC([C@H](O)[C@H](O)[C@H](O)CO)N1. The Morgan fingerprint density at radius 2 is 2.06 bits per heavy atom. The standard InChI is InChI=1S/C8H15NO6S/c10-1-4(11)5(12)6(13)7-9-3(2-16-7)8(14)15/h3-7,9-13H,1-2H2,(H,14,15)/t3-,4+,5+,6+,7?/m0/s1. The summed E-state index contributed by atoms with van der Waals surface area (Å²) < 4.78 is 0. The van der Waals surface area contributed by atoms with Crippen LogP contribution in [0.5, 0.6) is 0 Å². The fourth-order valence-corrected chi connectivity index (χ4v) is 2.61. The molecule has 1 rings (SSSR count). The molecule has 1 fully saturated rings. The van der Waals surface area contributed by atoms with Crippen molar-refractivity contribution in [2.75, 3.05) is 12.4 Å². The van der Waals surface area contributed by atoms with Gasteiger partial charge in [-0.25, -0.2) is 0 Å². The molecule has 8 heteroatoms. The summed E-state index contributed by atoms with van der Waals surface area (Å²) in [5, 5.41) is 47.4. The van der Waals surface area contributed by atoms with Crippen LogP contribution in [0.2, 0.25) is 0 Å². The molecule has 0 aromatic rings. The number of hydrogen-bond acceptors (Lipinski definition) is 7. The molecule has 1 saturated heterocycles. The van der Waals surface area contributed by atoms with Gasteiger partial charge in [-0.2, -0.15) is 0 Å². The summed E-state index contributed by atoms with van der Waals surface area (Å²) in [7, 11) is 0. The average Bonchev–Trinajstić information content (AvgIpc) is 2.75. The van der Waals surface area contributed by atoms with Gasteiger partial charge in [0.2, 0.25) is 0 Å². The van der Waals surface area contributed by atoms with Gasteiger partial charge < -0.3 is 25.5 Å². The molecule has 1 aliphatic rings. The largest absolute Gasteiger partial charge is 0.480 e. The van der Waals surface area contributed by atoms with Crippen molar-refractivity contribution in [2.45, 2.75) is 29.7 Å². The Hall–Kier alpha value is -0.380. The number of rotatable bonds is 5. The highest BCUT2D eigenvalue weighted by molar-refractivity contribution is 8.00. The monoisotopic (exact) mass is 253 g/mol. The maximum Gasteiger partial charge on any atom is 0.321 e. The van der Waals surface area contributed by atoms with E-state index in [1.54, 1.807) is 0 Å². The number of aliphatic hydroxyl groups excluding tert-OH is 4. The number of nitrogens with one attached hydrogen (secondary N) is 1. The van der Waals surface area contributed by atoms with Crippen LogP contribution in [-0.4, -0.2) is 73.6 Å². The van der Waals surface area contributed by atoms with E-state index in [9.17, 15) is 15.0 Å². The minimum Gasteiger partial charge on any atom is -0.480 e. The van der Waals surface area contributed by atoms with E-state index in [-0.39, 0.29) is 5.75 Å². The quantitative estimate of drug-likeness (QED) is 0.309. The molecular weight excluding hydrogens is 238 g/mol. The molecule has 0 aromatic carbocycles. The first-order chi connectivity index (χ1) is 7.47. The third kappa shape index (κ3) is 3.06. The molecule has 1 unspecified atom stereocenters. The molecule has 16 heavy (non-hydrogen) atoms. The van der Waals surface area contributed by atoms with Crippen LogP contribution in [0.3, 0.4) is 0 Å². The Kier molecular flexibility index (Phi) is 4.96. The molecule has 0 saturated carbocycles. The number of aliphatic carboxylic acids is 1. The second-order valence-electron chi connectivity index (χ2n) is 3.54. The molecule has 6 N–H and O–H groups in total. The molecule has 5 atom stereocenters. The van der Waals surface area contributed by atoms with Gasteiger partial charge in [-0.05, 0) is 0 Å². The first-order valence-electron chi connectivity index (χ1n) is 4.73. The Bertz CT molecular complexity index is 253. The Morgan fingerprint density at radius 3 is 2.50 bits per heavy atom. The summed E-state index contributed by atoms with van der Waals surface area (Å²) in [6.07, 6.45) is -4.29. The molecule has 1 heterocycles. The summed E-state index contributed by atoms with van der Waals surface area (Å²) in [4.78, 5) is 10.6. The lowest BCUT2D eigenvalue weighted by molar-refractivity contribution is -0.139. The fraction of sp³-hybridized carbons (Fsp3) is 0.875. The zero-order chi connectivity index (χ0) is 12.3. The highest BCUT2D eigenvalue weighted by atomic mass is 32.2. The number of aliphatic hydroxyl groups is 4. The first kappa shape index (κ1) is 13.7. The summed E-state index contributed by atoms with van der Waals surface area (Å²) in [6, 6.07) is -0.775. The maximum atomic E-state index is 10.6. The number of carbonyl (C=O) groups is 1. The van der Waals surface area contributed by atoms with Crippen molar-refractivity contribution in [1.29, 1.82) is 0 Å². The van der Waals surface area contributed by atoms with Gasteiger partial charge in [-0.15, -0.1) is 11.8 Å². The van der Waals surface area contributed by atoms with Crippen LogP contribution in [0.25, 0.3) is 0 Å². The Morgan fingerprint density at radius 1 is 1.44 bits per heavy atom. The van der Waals surface area contributed by atoms with E-state index in [0.717, 1.165) is 11.8 Å². The lowest BCUT2D eigenvalue weighted by Crippen LogP contribution is -2.50. The summed E-state index contributed by atoms with van der Waals surface area (Å²) in [5.41, 5.74) is 0. The van der Waals surface area contributed by atoms with Crippen LogP contribution in [0.4, 0.5) is 0 Å². The minimum absolute atomic E-state index is 0.277. The van der Waals surface area contributed by atoms with E-state index in [1.807, 2.05) is 0 Å². The van der Waals surface area contributed by atoms with E-state index in [4.69, 9.17) is 15.3 Å². The molecule has 94 valence electrons.